The Kier molecular flexibility index (Phi) is 4.72. The number of allylic oxidation sites excluding steroid dienone is 2. The predicted molar refractivity (Wildman–Crippen MR) is 107 cm³/mol. The lowest BCUT2D eigenvalue weighted by Crippen LogP contribution is -2.37. The number of amides is 2. The summed E-state index contributed by atoms with van der Waals surface area (Å²) in [4.78, 5) is 32.6. The summed E-state index contributed by atoms with van der Waals surface area (Å²) in [6.45, 7) is 0.455. The summed E-state index contributed by atoms with van der Waals surface area (Å²) in [5.41, 5.74) is 2.36. The van der Waals surface area contributed by atoms with Crippen LogP contribution in [0.3, 0.4) is 0 Å². The van der Waals surface area contributed by atoms with Crippen LogP contribution in [-0.4, -0.2) is 49.2 Å². The van der Waals surface area contributed by atoms with E-state index in [0.717, 1.165) is 9.40 Å². The van der Waals surface area contributed by atoms with E-state index in [-0.39, 0.29) is 24.3 Å². The SMILES string of the molecule is C=Ic1nn(C)c2c(C(=O)NCC3C=CC4=C(C3)NC(=O)CO4)ncnc12. The highest BCUT2D eigenvalue weighted by atomic mass is 127. The van der Waals surface area contributed by atoms with Crippen molar-refractivity contribution >= 4 is 48.1 Å². The Hall–Kier alpha value is -2.63. The van der Waals surface area contributed by atoms with Gasteiger partial charge in [0.05, 0.1) is 5.70 Å². The van der Waals surface area contributed by atoms with Crippen LogP contribution in [0.15, 0.2) is 29.9 Å². The molecular weight excluding hydrogens is 463 g/mol. The van der Waals surface area contributed by atoms with E-state index >= 15 is 0 Å². The van der Waals surface area contributed by atoms with Gasteiger partial charge in [-0.05, 0) is 12.5 Å². The second-order valence-corrected chi connectivity index (χ2v) is 7.97. The first kappa shape index (κ1) is 17.8. The number of aromatic nitrogens is 4. The average molecular weight is 480 g/mol. The van der Waals surface area contributed by atoms with Gasteiger partial charge in [-0.25, -0.2) is 9.97 Å². The summed E-state index contributed by atoms with van der Waals surface area (Å²) < 4.78 is 11.8. The molecule has 10 heteroatoms. The lowest BCUT2D eigenvalue weighted by Gasteiger charge is -2.26. The maximum atomic E-state index is 12.7. The molecule has 0 saturated heterocycles. The molecule has 0 fully saturated rings. The number of nitrogens with one attached hydrogen (secondary N) is 2. The number of carbonyl (C=O) groups excluding carboxylic acids is 2. The zero-order valence-corrected chi connectivity index (χ0v) is 16.7. The van der Waals surface area contributed by atoms with E-state index in [9.17, 15) is 9.59 Å². The Morgan fingerprint density at radius 3 is 3.19 bits per heavy atom. The molecule has 1 unspecified atom stereocenters. The third kappa shape index (κ3) is 3.36. The highest BCUT2D eigenvalue weighted by Gasteiger charge is 2.25. The van der Waals surface area contributed by atoms with Crippen molar-refractivity contribution in [2.45, 2.75) is 6.42 Å². The quantitative estimate of drug-likeness (QED) is 0.621. The molecule has 1 aliphatic heterocycles. The maximum Gasteiger partial charge on any atom is 0.272 e. The van der Waals surface area contributed by atoms with Crippen molar-refractivity contribution in [1.29, 1.82) is 0 Å². The minimum absolute atomic E-state index is 0.0382. The highest BCUT2D eigenvalue weighted by molar-refractivity contribution is 14.2. The number of carbonyl (C=O) groups is 2. The Labute approximate surface area is 164 Å². The second-order valence-electron chi connectivity index (χ2n) is 6.18. The normalized spacial score (nSPS) is 18.9. The molecule has 0 bridgehead atoms. The fourth-order valence-corrected chi connectivity index (χ4v) is 4.35. The van der Waals surface area contributed by atoms with Crippen LogP contribution in [0.5, 0.6) is 0 Å². The molecule has 0 aromatic carbocycles. The van der Waals surface area contributed by atoms with E-state index in [0.29, 0.717) is 35.5 Å². The number of fused-ring (bicyclic) bond motifs is 1. The number of aryl methyl sites for hydroxylation is 1. The van der Waals surface area contributed by atoms with Crippen LogP contribution < -0.4 is 10.6 Å². The van der Waals surface area contributed by atoms with Gasteiger partial charge < -0.3 is 15.4 Å². The first-order chi connectivity index (χ1) is 13.1. The molecule has 0 spiro atoms. The Morgan fingerprint density at radius 1 is 1.52 bits per heavy atom. The van der Waals surface area contributed by atoms with E-state index in [2.05, 4.69) is 30.2 Å². The molecule has 3 heterocycles. The summed E-state index contributed by atoms with van der Waals surface area (Å²) in [5.74, 6) is 0.306. The maximum absolute atomic E-state index is 12.7. The number of hydrogen-bond acceptors (Lipinski definition) is 6. The van der Waals surface area contributed by atoms with E-state index < -0.39 is 20.7 Å². The summed E-state index contributed by atoms with van der Waals surface area (Å²) in [6.07, 6.45) is 5.79. The molecule has 9 nitrogen and oxygen atoms in total. The van der Waals surface area contributed by atoms with Crippen LogP contribution >= 0.6 is 20.7 Å². The molecule has 2 aliphatic rings. The molecule has 1 atom stereocenters. The van der Waals surface area contributed by atoms with E-state index in [1.807, 2.05) is 12.2 Å². The predicted octanol–water partition coefficient (Wildman–Crippen LogP) is 0.599. The lowest BCUT2D eigenvalue weighted by molar-refractivity contribution is -0.125. The van der Waals surface area contributed by atoms with Gasteiger partial charge in [-0.2, -0.15) is 5.10 Å². The van der Waals surface area contributed by atoms with Crippen molar-refractivity contribution in [3.63, 3.8) is 0 Å². The van der Waals surface area contributed by atoms with Crippen LogP contribution in [0.25, 0.3) is 11.0 Å². The number of ether oxygens (including phenoxy) is 1. The average Bonchev–Trinajstić information content (AvgIpc) is 3.02. The van der Waals surface area contributed by atoms with Crippen molar-refractivity contribution in [2.24, 2.45) is 13.0 Å². The molecule has 0 radical (unpaired) electrons. The van der Waals surface area contributed by atoms with E-state index in [1.54, 1.807) is 11.7 Å². The van der Waals surface area contributed by atoms with Crippen molar-refractivity contribution in [3.8, 4) is 0 Å². The van der Waals surface area contributed by atoms with Crippen molar-refractivity contribution in [3.05, 3.63) is 39.3 Å². The fraction of sp³-hybridized carbons (Fsp3) is 0.294. The smallest absolute Gasteiger partial charge is 0.272 e. The number of nitrogens with zero attached hydrogens (tertiary/aromatic N) is 4. The van der Waals surface area contributed by atoms with Gasteiger partial charge in [0.2, 0.25) is 0 Å². The zero-order chi connectivity index (χ0) is 19.0. The summed E-state index contributed by atoms with van der Waals surface area (Å²) in [5, 5.41) is 10.1. The summed E-state index contributed by atoms with van der Waals surface area (Å²) in [6, 6.07) is 0. The number of halogens is 1. The topological polar surface area (TPSA) is 111 Å². The van der Waals surface area contributed by atoms with Gasteiger partial charge in [-0.3, -0.25) is 14.3 Å². The van der Waals surface area contributed by atoms with Crippen molar-refractivity contribution in [1.82, 2.24) is 30.4 Å². The molecule has 2 aromatic heterocycles. The van der Waals surface area contributed by atoms with Crippen LogP contribution in [0.2, 0.25) is 0 Å². The van der Waals surface area contributed by atoms with E-state index in [1.165, 1.54) is 6.33 Å². The van der Waals surface area contributed by atoms with E-state index in [4.69, 9.17) is 4.74 Å². The number of hydrogen-bond donors (Lipinski definition) is 2. The molecule has 2 amide bonds. The molecule has 4 rings (SSSR count). The molecule has 1 aliphatic carbocycles. The van der Waals surface area contributed by atoms with Gasteiger partial charge in [-0.1, -0.05) is 31.3 Å². The minimum atomic E-state index is -0.500. The van der Waals surface area contributed by atoms with Crippen LogP contribution in [0, 0.1) is 9.62 Å². The molecule has 2 N–H and O–H groups in total. The summed E-state index contributed by atoms with van der Waals surface area (Å²) in [7, 11) is 1.77. The first-order valence-corrected chi connectivity index (χ1v) is 10.9. The number of rotatable bonds is 4. The van der Waals surface area contributed by atoms with Crippen molar-refractivity contribution in [2.75, 3.05) is 13.2 Å². The molecule has 2 aromatic rings. The Bertz CT molecular complexity index is 1030. The monoisotopic (exact) mass is 480 g/mol. The Morgan fingerprint density at radius 2 is 2.37 bits per heavy atom. The largest absolute Gasteiger partial charge is 0.482 e. The van der Waals surface area contributed by atoms with Gasteiger partial charge in [0, 0.05) is 19.5 Å². The molecular formula is C17H17IN6O3. The highest BCUT2D eigenvalue weighted by Crippen LogP contribution is 2.25. The van der Waals surface area contributed by atoms with Crippen LogP contribution in [0.1, 0.15) is 16.9 Å². The van der Waals surface area contributed by atoms with Crippen LogP contribution in [-0.2, 0) is 16.6 Å². The van der Waals surface area contributed by atoms with Gasteiger partial charge in [-0.15, -0.1) is 0 Å². The van der Waals surface area contributed by atoms with Crippen molar-refractivity contribution < 1.29 is 14.3 Å². The first-order valence-electron chi connectivity index (χ1n) is 8.25. The minimum Gasteiger partial charge on any atom is -0.482 e. The Balaban J connectivity index is 1.48. The standard InChI is InChI=1S/C17H17IN6O3/c1-18-16-13-15(24(2)23-16)14(21-8-20-13)17(26)19-6-9-3-4-11-10(5-9)22-12(25)7-27-11/h3-4,8-9H,1,5-7H2,2H3,(H,19,26)(H,22,25). The molecule has 140 valence electrons. The molecule has 0 saturated carbocycles. The fourth-order valence-electron chi connectivity index (χ4n) is 3.12. The summed E-state index contributed by atoms with van der Waals surface area (Å²) >= 11 is -0.500. The van der Waals surface area contributed by atoms with Gasteiger partial charge in [0.1, 0.15) is 26.8 Å². The third-order valence-electron chi connectivity index (χ3n) is 4.38. The van der Waals surface area contributed by atoms with Gasteiger partial charge >= 0.3 is 0 Å². The van der Waals surface area contributed by atoms with Gasteiger partial charge in [0.15, 0.2) is 12.3 Å². The third-order valence-corrected chi connectivity index (χ3v) is 5.83. The second kappa shape index (κ2) is 7.18. The zero-order valence-electron chi connectivity index (χ0n) is 14.5. The lowest BCUT2D eigenvalue weighted by atomic mass is 9.96. The van der Waals surface area contributed by atoms with Gasteiger partial charge in [0.25, 0.3) is 11.8 Å². The molecule has 27 heavy (non-hydrogen) atoms. The van der Waals surface area contributed by atoms with Crippen LogP contribution in [0.4, 0.5) is 0 Å².